The van der Waals surface area contributed by atoms with Crippen molar-refractivity contribution in [1.29, 1.82) is 0 Å². The summed E-state index contributed by atoms with van der Waals surface area (Å²) in [4.78, 5) is 11.5. The second kappa shape index (κ2) is 2.43. The quantitative estimate of drug-likeness (QED) is 0.313. The summed E-state index contributed by atoms with van der Waals surface area (Å²) >= 11 is 4.03. The van der Waals surface area contributed by atoms with E-state index in [0.717, 1.165) is 10.5 Å². The summed E-state index contributed by atoms with van der Waals surface area (Å²) in [7, 11) is 0. The first-order valence-corrected chi connectivity index (χ1v) is 3.22. The summed E-state index contributed by atoms with van der Waals surface area (Å²) in [6, 6.07) is 0. The number of carbonyl (C=O) groups is 1. The molecular formula is C6H8O2S. The summed E-state index contributed by atoms with van der Waals surface area (Å²) in [6.07, 6.45) is 0.716. The Morgan fingerprint density at radius 2 is 2.44 bits per heavy atom. The Morgan fingerprint density at radius 3 is 2.67 bits per heavy atom. The van der Waals surface area contributed by atoms with Gasteiger partial charge in [-0.25, -0.2) is 4.79 Å². The molecule has 1 aliphatic heterocycles. The van der Waals surface area contributed by atoms with Crippen LogP contribution < -0.4 is 0 Å². The molecule has 0 radical (unpaired) electrons. The number of ether oxygens (including phenoxy) is 1. The van der Waals surface area contributed by atoms with E-state index in [0.29, 0.717) is 13.0 Å². The molecule has 0 N–H and O–H groups in total. The lowest BCUT2D eigenvalue weighted by atomic mass is 10.2. The lowest BCUT2D eigenvalue weighted by molar-refractivity contribution is -0.135. The van der Waals surface area contributed by atoms with E-state index in [9.17, 15) is 4.79 Å². The highest BCUT2D eigenvalue weighted by molar-refractivity contribution is 7.84. The van der Waals surface area contributed by atoms with Gasteiger partial charge in [0, 0.05) is 12.0 Å². The van der Waals surface area contributed by atoms with Crippen LogP contribution in [0.5, 0.6) is 0 Å². The zero-order chi connectivity index (χ0) is 6.85. The third-order valence-corrected chi connectivity index (χ3v) is 1.54. The van der Waals surface area contributed by atoms with Crippen LogP contribution in [-0.4, -0.2) is 12.6 Å². The molecular weight excluding hydrogens is 136 g/mol. The van der Waals surface area contributed by atoms with Crippen molar-refractivity contribution in [1.82, 2.24) is 0 Å². The fourth-order valence-corrected chi connectivity index (χ4v) is 0.967. The van der Waals surface area contributed by atoms with Crippen molar-refractivity contribution in [3.63, 3.8) is 0 Å². The maximum atomic E-state index is 10.7. The Hall–Kier alpha value is -0.440. The van der Waals surface area contributed by atoms with Crippen LogP contribution >= 0.6 is 12.6 Å². The van der Waals surface area contributed by atoms with Gasteiger partial charge in [-0.1, -0.05) is 0 Å². The average molecular weight is 144 g/mol. The van der Waals surface area contributed by atoms with E-state index in [1.54, 1.807) is 6.92 Å². The third kappa shape index (κ3) is 1.27. The molecule has 1 fully saturated rings. The molecule has 0 spiro atoms. The molecule has 2 nitrogen and oxygen atoms in total. The molecule has 0 unspecified atom stereocenters. The Morgan fingerprint density at radius 1 is 1.78 bits per heavy atom. The number of thiol groups is 1. The summed E-state index contributed by atoms with van der Waals surface area (Å²) in [5, 5.41) is 0. The van der Waals surface area contributed by atoms with E-state index in [2.05, 4.69) is 17.4 Å². The first-order chi connectivity index (χ1) is 4.22. The van der Waals surface area contributed by atoms with Gasteiger partial charge in [-0.05, 0) is 11.8 Å². The predicted molar refractivity (Wildman–Crippen MR) is 37.3 cm³/mol. The Kier molecular flexibility index (Phi) is 1.81. The Bertz CT molecular complexity index is 168. The number of allylic oxidation sites excluding steroid dienone is 1. The highest BCUT2D eigenvalue weighted by Crippen LogP contribution is 2.18. The van der Waals surface area contributed by atoms with Gasteiger partial charge in [0.1, 0.15) is 0 Å². The van der Waals surface area contributed by atoms with Crippen LogP contribution in [0.2, 0.25) is 0 Å². The van der Waals surface area contributed by atoms with Crippen molar-refractivity contribution < 1.29 is 9.53 Å². The van der Waals surface area contributed by atoms with Crippen LogP contribution in [0.15, 0.2) is 10.5 Å². The molecule has 9 heavy (non-hydrogen) atoms. The molecule has 50 valence electrons. The Labute approximate surface area is 59.3 Å². The second-order valence-electron chi connectivity index (χ2n) is 1.95. The maximum Gasteiger partial charge on any atom is 0.334 e. The molecule has 0 bridgehead atoms. The van der Waals surface area contributed by atoms with Crippen molar-refractivity contribution in [3.05, 3.63) is 10.5 Å². The molecule has 1 rings (SSSR count). The van der Waals surface area contributed by atoms with E-state index < -0.39 is 0 Å². The highest BCUT2D eigenvalue weighted by Gasteiger charge is 2.19. The van der Waals surface area contributed by atoms with Gasteiger partial charge in [-0.15, -0.1) is 12.6 Å². The minimum atomic E-state index is -0.206. The summed E-state index contributed by atoms with van der Waals surface area (Å²) in [5.41, 5.74) is 0.721. The minimum Gasteiger partial charge on any atom is -0.462 e. The molecule has 0 saturated carbocycles. The van der Waals surface area contributed by atoms with E-state index in [1.165, 1.54) is 0 Å². The molecule has 1 aliphatic rings. The number of hydrogen-bond acceptors (Lipinski definition) is 3. The van der Waals surface area contributed by atoms with Gasteiger partial charge in [0.2, 0.25) is 0 Å². The van der Waals surface area contributed by atoms with Gasteiger partial charge in [0.05, 0.1) is 6.61 Å². The van der Waals surface area contributed by atoms with Crippen molar-refractivity contribution in [2.24, 2.45) is 0 Å². The summed E-state index contributed by atoms with van der Waals surface area (Å²) < 4.78 is 4.68. The van der Waals surface area contributed by atoms with Gasteiger partial charge in [-0.3, -0.25) is 0 Å². The first-order valence-electron chi connectivity index (χ1n) is 2.77. The lowest BCUT2D eigenvalue weighted by Gasteiger charge is -1.91. The molecule has 3 heteroatoms. The largest absolute Gasteiger partial charge is 0.462 e. The van der Waals surface area contributed by atoms with Crippen LogP contribution in [0.25, 0.3) is 0 Å². The summed E-state index contributed by atoms with van der Waals surface area (Å²) in [6.45, 7) is 2.32. The number of esters is 1. The zero-order valence-corrected chi connectivity index (χ0v) is 6.07. The highest BCUT2D eigenvalue weighted by atomic mass is 32.1. The van der Waals surface area contributed by atoms with Gasteiger partial charge in [0.25, 0.3) is 0 Å². The zero-order valence-electron chi connectivity index (χ0n) is 5.18. The normalized spacial score (nSPS) is 24.0. The number of cyclic esters (lactones) is 1. The van der Waals surface area contributed by atoms with Gasteiger partial charge < -0.3 is 4.74 Å². The van der Waals surface area contributed by atoms with E-state index in [1.807, 2.05) is 0 Å². The standard InChI is InChI=1S/C6H8O2S/c1-4(9)5-2-3-8-6(5)7/h9H,2-3H2,1H3/b5-4-. The maximum absolute atomic E-state index is 10.7. The fourth-order valence-electron chi connectivity index (χ4n) is 0.764. The smallest absolute Gasteiger partial charge is 0.334 e. The van der Waals surface area contributed by atoms with Crippen molar-refractivity contribution in [2.75, 3.05) is 6.61 Å². The Balaban J connectivity index is 2.83. The van der Waals surface area contributed by atoms with Gasteiger partial charge in [0.15, 0.2) is 0 Å². The van der Waals surface area contributed by atoms with Gasteiger partial charge in [-0.2, -0.15) is 0 Å². The SMILES string of the molecule is C/C(S)=C1\CCOC1=O. The summed E-state index contributed by atoms with van der Waals surface area (Å²) in [5.74, 6) is -0.206. The molecule has 0 aromatic heterocycles. The molecule has 0 atom stereocenters. The van der Waals surface area contributed by atoms with Crippen LogP contribution in [0, 0.1) is 0 Å². The predicted octanol–water partition coefficient (Wildman–Crippen LogP) is 1.14. The van der Waals surface area contributed by atoms with Crippen molar-refractivity contribution >= 4 is 18.6 Å². The molecule has 0 aromatic rings. The number of carbonyl (C=O) groups excluding carboxylic acids is 1. The molecule has 0 amide bonds. The average Bonchev–Trinajstić information content (AvgIpc) is 2.13. The third-order valence-electron chi connectivity index (χ3n) is 1.27. The van der Waals surface area contributed by atoms with Crippen LogP contribution in [-0.2, 0) is 9.53 Å². The lowest BCUT2D eigenvalue weighted by Crippen LogP contribution is -1.95. The molecule has 1 saturated heterocycles. The van der Waals surface area contributed by atoms with Crippen molar-refractivity contribution in [2.45, 2.75) is 13.3 Å². The first kappa shape index (κ1) is 6.68. The van der Waals surface area contributed by atoms with Crippen LogP contribution in [0.3, 0.4) is 0 Å². The second-order valence-corrected chi connectivity index (χ2v) is 2.62. The van der Waals surface area contributed by atoms with E-state index in [4.69, 9.17) is 0 Å². The monoisotopic (exact) mass is 144 g/mol. The van der Waals surface area contributed by atoms with Crippen LogP contribution in [0.1, 0.15) is 13.3 Å². The number of hydrogen-bond donors (Lipinski definition) is 1. The van der Waals surface area contributed by atoms with Gasteiger partial charge >= 0.3 is 5.97 Å². The van der Waals surface area contributed by atoms with Crippen molar-refractivity contribution in [3.8, 4) is 0 Å². The van der Waals surface area contributed by atoms with Crippen LogP contribution in [0.4, 0.5) is 0 Å². The topological polar surface area (TPSA) is 26.3 Å². The fraction of sp³-hybridized carbons (Fsp3) is 0.500. The molecule has 0 aliphatic carbocycles. The molecule has 0 aromatic carbocycles. The number of rotatable bonds is 0. The molecule has 1 heterocycles. The van der Waals surface area contributed by atoms with E-state index in [-0.39, 0.29) is 5.97 Å². The minimum absolute atomic E-state index is 0.206. The van der Waals surface area contributed by atoms with E-state index >= 15 is 0 Å².